The van der Waals surface area contributed by atoms with Gasteiger partial charge in [0.25, 0.3) is 0 Å². The lowest BCUT2D eigenvalue weighted by molar-refractivity contribution is -0.150. The average molecular weight is 348 g/mol. The third kappa shape index (κ3) is 11.4. The van der Waals surface area contributed by atoms with Crippen molar-refractivity contribution in [3.05, 3.63) is 0 Å². The fourth-order valence-corrected chi connectivity index (χ4v) is 1.59. The maximum absolute atomic E-state index is 10.8. The van der Waals surface area contributed by atoms with Crippen LogP contribution in [0.2, 0.25) is 0 Å². The first-order valence-corrected chi connectivity index (χ1v) is 7.72. The molecule has 24 heavy (non-hydrogen) atoms. The highest BCUT2D eigenvalue weighted by molar-refractivity contribution is 5.74. The van der Waals surface area contributed by atoms with Crippen molar-refractivity contribution in [2.45, 2.75) is 59.8 Å². The van der Waals surface area contributed by atoms with Crippen molar-refractivity contribution in [1.82, 2.24) is 0 Å². The molecule has 0 bridgehead atoms. The predicted octanol–water partition coefficient (Wildman–Crippen LogP) is 2.56. The van der Waals surface area contributed by atoms with E-state index in [2.05, 4.69) is 0 Å². The number of rotatable bonds is 10. The summed E-state index contributed by atoms with van der Waals surface area (Å²) in [5, 5.41) is 33.9. The topological polar surface area (TPSA) is 149 Å². The second-order valence-corrected chi connectivity index (χ2v) is 6.39. The molecule has 0 aromatic rings. The van der Waals surface area contributed by atoms with Gasteiger partial charge in [0, 0.05) is 12.8 Å². The molecule has 0 aromatic heterocycles. The normalized spacial score (nSPS) is 13.2. The van der Waals surface area contributed by atoms with E-state index >= 15 is 0 Å². The standard InChI is InChI=1S/C9H16O4.C7H12O4/c1-6(4-5-7(10)11)9(2,3)8(12)13;1-5(7(10)11)3-2-4-6(8)9/h6H,4-5H2,1-3H3,(H,10,11)(H,12,13);5H,2-4H2,1H3,(H,8,9)(H,10,11). The lowest BCUT2D eigenvalue weighted by Crippen LogP contribution is -2.31. The van der Waals surface area contributed by atoms with Crippen molar-refractivity contribution in [1.29, 1.82) is 0 Å². The third-order valence-electron chi connectivity index (χ3n) is 4.02. The van der Waals surface area contributed by atoms with Gasteiger partial charge in [-0.05, 0) is 39.0 Å². The van der Waals surface area contributed by atoms with Crippen LogP contribution in [0.5, 0.6) is 0 Å². The van der Waals surface area contributed by atoms with E-state index in [0.717, 1.165) is 0 Å². The van der Waals surface area contributed by atoms with E-state index in [1.165, 1.54) is 0 Å². The average Bonchev–Trinajstić information content (AvgIpc) is 2.44. The molecule has 2 unspecified atom stereocenters. The van der Waals surface area contributed by atoms with Crippen LogP contribution in [0.3, 0.4) is 0 Å². The molecular formula is C16H28O8. The zero-order valence-corrected chi connectivity index (χ0v) is 14.6. The van der Waals surface area contributed by atoms with Crippen LogP contribution in [0.4, 0.5) is 0 Å². The Balaban J connectivity index is 0. The van der Waals surface area contributed by atoms with E-state index in [4.69, 9.17) is 20.4 Å². The lowest BCUT2D eigenvalue weighted by Gasteiger charge is -2.26. The van der Waals surface area contributed by atoms with Crippen molar-refractivity contribution < 1.29 is 39.6 Å². The molecule has 0 aliphatic rings. The number of hydrogen-bond acceptors (Lipinski definition) is 4. The molecule has 0 saturated heterocycles. The molecule has 0 saturated carbocycles. The Hall–Kier alpha value is -2.12. The van der Waals surface area contributed by atoms with Crippen LogP contribution >= 0.6 is 0 Å². The molecule has 0 amide bonds. The number of hydrogen-bond donors (Lipinski definition) is 4. The summed E-state index contributed by atoms with van der Waals surface area (Å²) >= 11 is 0. The molecule has 0 rings (SSSR count). The van der Waals surface area contributed by atoms with Gasteiger partial charge in [-0.3, -0.25) is 19.2 Å². The fraction of sp³-hybridized carbons (Fsp3) is 0.750. The largest absolute Gasteiger partial charge is 0.481 e. The zero-order valence-electron chi connectivity index (χ0n) is 14.6. The second-order valence-electron chi connectivity index (χ2n) is 6.39. The van der Waals surface area contributed by atoms with Crippen molar-refractivity contribution in [2.24, 2.45) is 17.3 Å². The summed E-state index contributed by atoms with van der Waals surface area (Å²) in [4.78, 5) is 41.2. The van der Waals surface area contributed by atoms with Gasteiger partial charge in [-0.15, -0.1) is 0 Å². The number of carboxylic acids is 4. The molecule has 0 spiro atoms. The minimum atomic E-state index is -0.884. The summed E-state index contributed by atoms with van der Waals surface area (Å²) in [5.74, 6) is -4.08. The Kier molecular flexibility index (Phi) is 11.5. The van der Waals surface area contributed by atoms with Crippen molar-refractivity contribution >= 4 is 23.9 Å². The van der Waals surface area contributed by atoms with Crippen molar-refractivity contribution in [3.63, 3.8) is 0 Å². The summed E-state index contributed by atoms with van der Waals surface area (Å²) in [6.45, 7) is 6.56. The van der Waals surface area contributed by atoms with Gasteiger partial charge in [-0.1, -0.05) is 13.8 Å². The smallest absolute Gasteiger partial charge is 0.309 e. The quantitative estimate of drug-likeness (QED) is 0.470. The molecule has 0 fully saturated rings. The molecule has 8 heteroatoms. The number of carbonyl (C=O) groups is 4. The van der Waals surface area contributed by atoms with E-state index in [0.29, 0.717) is 19.3 Å². The molecule has 0 radical (unpaired) electrons. The van der Waals surface area contributed by atoms with Gasteiger partial charge in [0.2, 0.25) is 0 Å². The summed E-state index contributed by atoms with van der Waals surface area (Å²) in [7, 11) is 0. The molecule has 0 aliphatic carbocycles. The number of carboxylic acid groups (broad SMARTS) is 4. The van der Waals surface area contributed by atoms with Gasteiger partial charge >= 0.3 is 23.9 Å². The predicted molar refractivity (Wildman–Crippen MR) is 85.7 cm³/mol. The highest BCUT2D eigenvalue weighted by atomic mass is 16.4. The summed E-state index contributed by atoms with van der Waals surface area (Å²) in [6.07, 6.45) is 1.34. The van der Waals surface area contributed by atoms with Crippen LogP contribution < -0.4 is 0 Å². The molecule has 0 aromatic carbocycles. The van der Waals surface area contributed by atoms with E-state index in [-0.39, 0.29) is 18.8 Å². The van der Waals surface area contributed by atoms with E-state index in [1.54, 1.807) is 27.7 Å². The molecular weight excluding hydrogens is 320 g/mol. The van der Waals surface area contributed by atoms with E-state index in [1.807, 2.05) is 0 Å². The maximum atomic E-state index is 10.8. The van der Waals surface area contributed by atoms with Gasteiger partial charge in [-0.25, -0.2) is 0 Å². The fourth-order valence-electron chi connectivity index (χ4n) is 1.59. The highest BCUT2D eigenvalue weighted by Crippen LogP contribution is 2.30. The van der Waals surface area contributed by atoms with Crippen LogP contribution in [-0.4, -0.2) is 44.3 Å². The molecule has 8 nitrogen and oxygen atoms in total. The Labute approximate surface area is 141 Å². The van der Waals surface area contributed by atoms with Crippen LogP contribution in [-0.2, 0) is 19.2 Å². The second kappa shape index (κ2) is 11.4. The Morgan fingerprint density at radius 3 is 1.62 bits per heavy atom. The van der Waals surface area contributed by atoms with Crippen LogP contribution in [0.25, 0.3) is 0 Å². The Morgan fingerprint density at radius 2 is 1.29 bits per heavy atom. The third-order valence-corrected chi connectivity index (χ3v) is 4.02. The molecule has 0 aliphatic heterocycles. The van der Waals surface area contributed by atoms with Gasteiger partial charge < -0.3 is 20.4 Å². The van der Waals surface area contributed by atoms with Crippen molar-refractivity contribution in [3.8, 4) is 0 Å². The summed E-state index contributed by atoms with van der Waals surface area (Å²) in [6, 6.07) is 0. The molecule has 4 N–H and O–H groups in total. The summed E-state index contributed by atoms with van der Waals surface area (Å²) < 4.78 is 0. The van der Waals surface area contributed by atoms with E-state index in [9.17, 15) is 19.2 Å². The summed E-state index contributed by atoms with van der Waals surface area (Å²) in [5.41, 5.74) is -0.852. The highest BCUT2D eigenvalue weighted by Gasteiger charge is 2.33. The van der Waals surface area contributed by atoms with Crippen LogP contribution in [0.15, 0.2) is 0 Å². The van der Waals surface area contributed by atoms with Gasteiger partial charge in [0.15, 0.2) is 0 Å². The monoisotopic (exact) mass is 348 g/mol. The SMILES string of the molecule is CC(CCC(=O)O)C(C)(C)C(=O)O.CC(CCCC(=O)O)C(=O)O. The van der Waals surface area contributed by atoms with E-state index < -0.39 is 35.2 Å². The van der Waals surface area contributed by atoms with Crippen LogP contribution in [0.1, 0.15) is 59.8 Å². The van der Waals surface area contributed by atoms with Crippen LogP contribution in [0, 0.1) is 17.3 Å². The zero-order chi connectivity index (χ0) is 19.5. The first kappa shape index (κ1) is 24.1. The van der Waals surface area contributed by atoms with Gasteiger partial charge in [-0.2, -0.15) is 0 Å². The van der Waals surface area contributed by atoms with Gasteiger partial charge in [0.1, 0.15) is 0 Å². The maximum Gasteiger partial charge on any atom is 0.309 e. The minimum Gasteiger partial charge on any atom is -0.481 e. The Bertz CT molecular complexity index is 441. The molecule has 140 valence electrons. The molecule has 2 atom stereocenters. The first-order valence-electron chi connectivity index (χ1n) is 7.72. The van der Waals surface area contributed by atoms with Gasteiger partial charge in [0.05, 0.1) is 11.3 Å². The number of aliphatic carboxylic acids is 4. The minimum absolute atomic E-state index is 0.0257. The molecule has 0 heterocycles. The van der Waals surface area contributed by atoms with Crippen molar-refractivity contribution in [2.75, 3.05) is 0 Å². The lowest BCUT2D eigenvalue weighted by atomic mass is 9.78. The first-order chi connectivity index (χ1) is 10.8. The Morgan fingerprint density at radius 1 is 0.833 bits per heavy atom.